The van der Waals surface area contributed by atoms with Crippen molar-refractivity contribution in [3.05, 3.63) is 11.6 Å². The smallest absolute Gasteiger partial charge is 0.303 e. The van der Waals surface area contributed by atoms with Crippen LogP contribution in [0.25, 0.3) is 0 Å². The number of hydrogen-bond donors (Lipinski definition) is 1. The lowest BCUT2D eigenvalue weighted by Crippen LogP contribution is -2.61. The van der Waals surface area contributed by atoms with Crippen molar-refractivity contribution in [2.24, 2.45) is 34.5 Å². The zero-order chi connectivity index (χ0) is 24.1. The Morgan fingerprint density at radius 3 is 2.50 bits per heavy atom. The summed E-state index contributed by atoms with van der Waals surface area (Å²) in [5.74, 6) is -0.680. The van der Waals surface area contributed by atoms with Crippen LogP contribution in [0.2, 0.25) is 0 Å². The monoisotopic (exact) mass is 446 g/mol. The molecule has 4 aliphatic rings. The number of carbonyl (C=O) groups is 5. The van der Waals surface area contributed by atoms with E-state index >= 15 is 0 Å². The van der Waals surface area contributed by atoms with E-state index in [1.165, 1.54) is 6.92 Å². The Morgan fingerprint density at radius 1 is 1.22 bits per heavy atom. The highest BCUT2D eigenvalue weighted by Crippen LogP contribution is 2.67. The van der Waals surface area contributed by atoms with E-state index < -0.39 is 29.4 Å². The highest BCUT2D eigenvalue weighted by Gasteiger charge is 2.69. The molecule has 7 unspecified atom stereocenters. The number of esters is 1. The van der Waals surface area contributed by atoms with E-state index in [9.17, 15) is 24.3 Å². The predicted molar refractivity (Wildman–Crippen MR) is 115 cm³/mol. The minimum atomic E-state index is -1.66. The molecule has 0 aliphatic heterocycles. The molecule has 3 saturated carbocycles. The lowest BCUT2D eigenvalue weighted by atomic mass is 9.44. The Kier molecular flexibility index (Phi) is 6.37. The summed E-state index contributed by atoms with van der Waals surface area (Å²) in [4.78, 5) is 57.7. The molecule has 0 bridgehead atoms. The molecule has 1 N–H and O–H groups in total. The summed E-state index contributed by atoms with van der Waals surface area (Å²) in [6, 6.07) is 0. The Labute approximate surface area is 189 Å². The fraction of sp³-hybridized carbons (Fsp3) is 0.720. The molecule has 7 nitrogen and oxygen atoms in total. The van der Waals surface area contributed by atoms with Crippen molar-refractivity contribution in [2.45, 2.75) is 71.8 Å². The number of Topliss-reactive ketones (excluding diaryl/α,β-unsaturated/α-hetero) is 2. The molecule has 0 heterocycles. The van der Waals surface area contributed by atoms with Gasteiger partial charge in [0.15, 0.2) is 12.4 Å². The van der Waals surface area contributed by atoms with Gasteiger partial charge in [-0.3, -0.25) is 19.2 Å². The van der Waals surface area contributed by atoms with Gasteiger partial charge in [0.2, 0.25) is 5.78 Å². The molecular weight excluding hydrogens is 412 g/mol. The van der Waals surface area contributed by atoms with E-state index in [1.807, 2.05) is 13.7 Å². The van der Waals surface area contributed by atoms with Crippen LogP contribution in [0.5, 0.6) is 0 Å². The van der Waals surface area contributed by atoms with Gasteiger partial charge >= 0.3 is 5.97 Å². The van der Waals surface area contributed by atoms with E-state index in [1.54, 1.807) is 6.08 Å². The molecule has 3 fully saturated rings. The molecule has 4 aliphatic carbocycles. The first-order chi connectivity index (χ1) is 14.9. The molecule has 0 aromatic heterocycles. The number of hydrogen-bond acceptors (Lipinski definition) is 7. The number of carbonyl (C=O) groups excluding carboxylic acids is 5. The molecule has 32 heavy (non-hydrogen) atoms. The first-order valence-electron chi connectivity index (χ1n) is 11.4. The molecule has 7 atom stereocenters. The van der Waals surface area contributed by atoms with Crippen LogP contribution >= 0.6 is 0 Å². The van der Waals surface area contributed by atoms with Crippen LogP contribution in [0, 0.1) is 34.5 Å². The highest BCUT2D eigenvalue weighted by atomic mass is 16.5. The fourth-order valence-electron chi connectivity index (χ4n) is 7.57. The topological polar surface area (TPSA) is 115 Å². The number of aliphatic hydroxyl groups is 1. The van der Waals surface area contributed by atoms with Crippen LogP contribution in [-0.4, -0.2) is 47.4 Å². The summed E-state index contributed by atoms with van der Waals surface area (Å²) >= 11 is 0. The van der Waals surface area contributed by atoms with Crippen molar-refractivity contribution in [3.63, 3.8) is 0 Å². The van der Waals surface area contributed by atoms with E-state index in [0.29, 0.717) is 19.3 Å². The molecule has 7 heteroatoms. The van der Waals surface area contributed by atoms with Crippen molar-refractivity contribution in [3.8, 4) is 0 Å². The number of ketones is 3. The predicted octanol–water partition coefficient (Wildman–Crippen LogP) is 2.62. The number of rotatable bonds is 3. The van der Waals surface area contributed by atoms with Gasteiger partial charge in [-0.1, -0.05) is 26.3 Å². The third-order valence-electron chi connectivity index (χ3n) is 8.99. The minimum absolute atomic E-state index is 0.0462. The third-order valence-corrected chi connectivity index (χ3v) is 8.99. The average molecular weight is 447 g/mol. The standard InChI is InChI=1S/C24H32O6.CH2O/c1-13-9-16-17-6-8-24(29,20(28)12-30-14(2)25)23(17,4)11-19(27)21(16)22(3)7-5-15(26)10-18(13)22;1-2/h10,13,16-17,21,29H,5-9,11-12H2,1-4H3;1H2. The van der Waals surface area contributed by atoms with Gasteiger partial charge in [-0.25, -0.2) is 0 Å². The molecule has 0 radical (unpaired) electrons. The largest absolute Gasteiger partial charge is 0.458 e. The number of allylic oxidation sites excluding steroid dienone is 1. The molecule has 176 valence electrons. The van der Waals surface area contributed by atoms with Crippen LogP contribution in [-0.2, 0) is 28.7 Å². The van der Waals surface area contributed by atoms with Gasteiger partial charge in [0.1, 0.15) is 18.2 Å². The first kappa shape index (κ1) is 24.5. The van der Waals surface area contributed by atoms with E-state index in [0.717, 1.165) is 12.0 Å². The van der Waals surface area contributed by atoms with Gasteiger partial charge in [0.05, 0.1) is 0 Å². The molecule has 4 rings (SSSR count). The molecule has 0 amide bonds. The van der Waals surface area contributed by atoms with Crippen LogP contribution in [0.3, 0.4) is 0 Å². The van der Waals surface area contributed by atoms with Crippen molar-refractivity contribution in [1.29, 1.82) is 0 Å². The summed E-state index contributed by atoms with van der Waals surface area (Å²) in [5, 5.41) is 11.5. The Hall–Kier alpha value is -2.15. The number of fused-ring (bicyclic) bond motifs is 5. The van der Waals surface area contributed by atoms with Crippen molar-refractivity contribution in [1.82, 2.24) is 0 Å². The van der Waals surface area contributed by atoms with Gasteiger partial charge in [-0.15, -0.1) is 0 Å². The summed E-state index contributed by atoms with van der Waals surface area (Å²) in [6.07, 6.45) is 4.83. The summed E-state index contributed by atoms with van der Waals surface area (Å²) in [7, 11) is 0. The Morgan fingerprint density at radius 2 is 1.88 bits per heavy atom. The van der Waals surface area contributed by atoms with Gasteiger partial charge < -0.3 is 14.6 Å². The van der Waals surface area contributed by atoms with Gasteiger partial charge in [0, 0.05) is 31.1 Å². The van der Waals surface area contributed by atoms with Crippen molar-refractivity contribution in [2.75, 3.05) is 6.61 Å². The zero-order valence-electron chi connectivity index (χ0n) is 19.4. The van der Waals surface area contributed by atoms with Crippen LogP contribution in [0.1, 0.15) is 66.2 Å². The maximum Gasteiger partial charge on any atom is 0.303 e. The summed E-state index contributed by atoms with van der Waals surface area (Å²) in [6.45, 7) is 8.90. The Balaban J connectivity index is 0.00000141. The SMILES string of the molecule is C=O.CC(=O)OCC(=O)C1(O)CCC2C3CC(C)C4=CC(=O)CCC4(C)C3C(=O)CC21C. The van der Waals surface area contributed by atoms with Crippen LogP contribution < -0.4 is 0 Å². The second-order valence-electron chi connectivity index (χ2n) is 10.5. The highest BCUT2D eigenvalue weighted by molar-refractivity contribution is 5.95. The van der Waals surface area contributed by atoms with E-state index in [-0.39, 0.29) is 53.5 Å². The number of ether oxygens (including phenoxy) is 1. The maximum atomic E-state index is 13.6. The fourth-order valence-corrected chi connectivity index (χ4v) is 7.57. The summed E-state index contributed by atoms with van der Waals surface area (Å²) in [5.41, 5.74) is -1.73. The molecule has 0 aromatic carbocycles. The maximum absolute atomic E-state index is 13.6. The lowest BCUT2D eigenvalue weighted by Gasteiger charge is -2.59. The zero-order valence-corrected chi connectivity index (χ0v) is 19.4. The molecule has 0 spiro atoms. The second-order valence-corrected chi connectivity index (χ2v) is 10.5. The molecule has 0 aromatic rings. The quantitative estimate of drug-likeness (QED) is 0.663. The molecular formula is C25H34O7. The van der Waals surface area contributed by atoms with Gasteiger partial charge in [-0.05, 0) is 54.9 Å². The molecule has 0 saturated heterocycles. The van der Waals surface area contributed by atoms with Crippen molar-refractivity contribution < 1.29 is 33.8 Å². The van der Waals surface area contributed by atoms with Gasteiger partial charge in [-0.2, -0.15) is 0 Å². The normalized spacial score (nSPS) is 42.5. The lowest BCUT2D eigenvalue weighted by molar-refractivity contribution is -0.174. The van der Waals surface area contributed by atoms with Crippen molar-refractivity contribution >= 4 is 30.1 Å². The Bertz CT molecular complexity index is 876. The van der Waals surface area contributed by atoms with E-state index in [4.69, 9.17) is 9.53 Å². The van der Waals surface area contributed by atoms with Crippen LogP contribution in [0.4, 0.5) is 0 Å². The van der Waals surface area contributed by atoms with Crippen LogP contribution in [0.15, 0.2) is 11.6 Å². The van der Waals surface area contributed by atoms with E-state index in [2.05, 4.69) is 13.8 Å². The van der Waals surface area contributed by atoms with Gasteiger partial charge in [0.25, 0.3) is 0 Å². The average Bonchev–Trinajstić information content (AvgIpc) is 3.00. The first-order valence-corrected chi connectivity index (χ1v) is 11.4. The third kappa shape index (κ3) is 3.40. The minimum Gasteiger partial charge on any atom is -0.458 e. The summed E-state index contributed by atoms with van der Waals surface area (Å²) < 4.78 is 4.88. The second kappa shape index (κ2) is 8.32.